The predicted molar refractivity (Wildman–Crippen MR) is 99.9 cm³/mol. The van der Waals surface area contributed by atoms with Crippen molar-refractivity contribution in [1.29, 1.82) is 0 Å². The third-order valence-corrected chi connectivity index (χ3v) is 5.10. The molecule has 1 heterocycles. The first-order valence-electron chi connectivity index (χ1n) is 7.88. The highest BCUT2D eigenvalue weighted by Gasteiger charge is 2.23. The van der Waals surface area contributed by atoms with E-state index in [1.165, 1.54) is 35.1 Å². The molecule has 25 heavy (non-hydrogen) atoms. The maximum Gasteiger partial charge on any atom is 0.259 e. The number of benzene rings is 2. The minimum atomic E-state index is -0.428. The molecule has 0 N–H and O–H groups in total. The Labute approximate surface area is 157 Å². The van der Waals surface area contributed by atoms with Gasteiger partial charge in [-0.05, 0) is 70.6 Å². The van der Waals surface area contributed by atoms with Crippen LogP contribution in [0.25, 0.3) is 17.1 Å². The Balaban J connectivity index is 1.88. The van der Waals surface area contributed by atoms with Gasteiger partial charge in [-0.25, -0.2) is 9.37 Å². The molecule has 4 rings (SSSR count). The largest absolute Gasteiger partial charge is 0.269 e. The SMILES string of the molecule is O=c1cc(Cl)nc(-c2ccc(Br)c(F)c2)n1-c1ccc(C2CC2)cc1. The van der Waals surface area contributed by atoms with Crippen molar-refractivity contribution in [2.75, 3.05) is 0 Å². The molecule has 0 atom stereocenters. The fourth-order valence-corrected chi connectivity index (χ4v) is 3.26. The van der Waals surface area contributed by atoms with Crippen LogP contribution in [0.5, 0.6) is 0 Å². The lowest BCUT2D eigenvalue weighted by atomic mass is 10.1. The molecule has 0 spiro atoms. The van der Waals surface area contributed by atoms with Gasteiger partial charge in [0.2, 0.25) is 0 Å². The summed E-state index contributed by atoms with van der Waals surface area (Å²) in [5.41, 5.74) is 2.12. The van der Waals surface area contributed by atoms with Gasteiger partial charge < -0.3 is 0 Å². The quantitative estimate of drug-likeness (QED) is 0.538. The zero-order valence-electron chi connectivity index (χ0n) is 13.0. The van der Waals surface area contributed by atoms with Crippen LogP contribution in [0.3, 0.4) is 0 Å². The molecule has 1 aliphatic carbocycles. The predicted octanol–water partition coefficient (Wildman–Crippen LogP) is 5.33. The van der Waals surface area contributed by atoms with Crippen LogP contribution >= 0.6 is 27.5 Å². The lowest BCUT2D eigenvalue weighted by Crippen LogP contribution is -2.20. The highest BCUT2D eigenvalue weighted by Crippen LogP contribution is 2.40. The van der Waals surface area contributed by atoms with Crippen molar-refractivity contribution in [2.24, 2.45) is 0 Å². The monoisotopic (exact) mass is 418 g/mol. The van der Waals surface area contributed by atoms with Gasteiger partial charge in [0, 0.05) is 11.6 Å². The fourth-order valence-electron chi connectivity index (χ4n) is 2.84. The smallest absolute Gasteiger partial charge is 0.259 e. The van der Waals surface area contributed by atoms with E-state index < -0.39 is 5.82 Å². The Morgan fingerprint density at radius 2 is 1.84 bits per heavy atom. The van der Waals surface area contributed by atoms with Crippen molar-refractivity contribution in [3.05, 3.63) is 79.9 Å². The van der Waals surface area contributed by atoms with E-state index in [-0.39, 0.29) is 10.7 Å². The average Bonchev–Trinajstić information content (AvgIpc) is 3.42. The Hall–Kier alpha value is -1.98. The van der Waals surface area contributed by atoms with Gasteiger partial charge in [-0.1, -0.05) is 23.7 Å². The number of hydrogen-bond acceptors (Lipinski definition) is 2. The third kappa shape index (κ3) is 3.26. The van der Waals surface area contributed by atoms with E-state index in [9.17, 15) is 9.18 Å². The number of nitrogens with zero attached hydrogens (tertiary/aromatic N) is 2. The Morgan fingerprint density at radius 1 is 1.12 bits per heavy atom. The molecule has 6 heteroatoms. The molecule has 3 aromatic rings. The lowest BCUT2D eigenvalue weighted by molar-refractivity contribution is 0.621. The summed E-state index contributed by atoms with van der Waals surface area (Å²) >= 11 is 9.11. The van der Waals surface area contributed by atoms with E-state index in [1.807, 2.05) is 24.3 Å². The molecule has 0 radical (unpaired) electrons. The second-order valence-corrected chi connectivity index (χ2v) is 7.31. The molecule has 1 aromatic heterocycles. The number of rotatable bonds is 3. The zero-order chi connectivity index (χ0) is 17.6. The van der Waals surface area contributed by atoms with Crippen LogP contribution in [-0.2, 0) is 0 Å². The van der Waals surface area contributed by atoms with E-state index in [0.29, 0.717) is 27.5 Å². The van der Waals surface area contributed by atoms with Gasteiger partial charge in [-0.2, -0.15) is 0 Å². The van der Waals surface area contributed by atoms with E-state index in [2.05, 4.69) is 20.9 Å². The van der Waals surface area contributed by atoms with Crippen molar-refractivity contribution in [2.45, 2.75) is 18.8 Å². The first-order valence-corrected chi connectivity index (χ1v) is 9.05. The molecular weight excluding hydrogens is 407 g/mol. The first-order chi connectivity index (χ1) is 12.0. The van der Waals surface area contributed by atoms with Crippen LogP contribution < -0.4 is 5.56 Å². The van der Waals surface area contributed by atoms with Crippen molar-refractivity contribution in [3.63, 3.8) is 0 Å². The van der Waals surface area contributed by atoms with Gasteiger partial charge >= 0.3 is 0 Å². The number of hydrogen-bond donors (Lipinski definition) is 0. The van der Waals surface area contributed by atoms with E-state index in [4.69, 9.17) is 11.6 Å². The topological polar surface area (TPSA) is 34.9 Å². The van der Waals surface area contributed by atoms with Crippen molar-refractivity contribution in [3.8, 4) is 17.1 Å². The van der Waals surface area contributed by atoms with Gasteiger partial charge in [0.25, 0.3) is 5.56 Å². The van der Waals surface area contributed by atoms with Crippen LogP contribution in [-0.4, -0.2) is 9.55 Å². The molecule has 1 aliphatic rings. The second kappa shape index (κ2) is 6.39. The summed E-state index contributed by atoms with van der Waals surface area (Å²) in [6.07, 6.45) is 2.43. The Morgan fingerprint density at radius 3 is 2.48 bits per heavy atom. The van der Waals surface area contributed by atoms with E-state index >= 15 is 0 Å². The standard InChI is InChI=1S/C19H13BrClFN2O/c20-15-8-5-13(9-16(15)22)19-23-17(21)10-18(25)24(19)14-6-3-12(4-7-14)11-1-2-11/h3-11H,1-2H2. The summed E-state index contributed by atoms with van der Waals surface area (Å²) in [4.78, 5) is 16.8. The third-order valence-electron chi connectivity index (χ3n) is 4.27. The highest BCUT2D eigenvalue weighted by molar-refractivity contribution is 9.10. The molecule has 0 amide bonds. The summed E-state index contributed by atoms with van der Waals surface area (Å²) in [5.74, 6) is 0.514. The normalized spacial score (nSPS) is 13.9. The van der Waals surface area contributed by atoms with Gasteiger partial charge in [-0.15, -0.1) is 0 Å². The summed E-state index contributed by atoms with van der Waals surface area (Å²) in [6, 6.07) is 13.7. The molecule has 0 saturated heterocycles. The van der Waals surface area contributed by atoms with Crippen LogP contribution in [0, 0.1) is 5.82 Å². The average molecular weight is 420 g/mol. The van der Waals surface area contributed by atoms with Crippen LogP contribution in [0.15, 0.2) is 57.8 Å². The van der Waals surface area contributed by atoms with Crippen LogP contribution in [0.1, 0.15) is 24.3 Å². The van der Waals surface area contributed by atoms with Crippen LogP contribution in [0.4, 0.5) is 4.39 Å². The molecule has 0 bridgehead atoms. The molecule has 126 valence electrons. The fraction of sp³-hybridized carbons (Fsp3) is 0.158. The highest BCUT2D eigenvalue weighted by atomic mass is 79.9. The zero-order valence-corrected chi connectivity index (χ0v) is 15.4. The maximum absolute atomic E-state index is 14.0. The summed E-state index contributed by atoms with van der Waals surface area (Å²) in [6.45, 7) is 0. The number of halogens is 3. The maximum atomic E-state index is 14.0. The summed E-state index contributed by atoms with van der Waals surface area (Å²) < 4.78 is 15.8. The molecule has 0 unspecified atom stereocenters. The summed E-state index contributed by atoms with van der Waals surface area (Å²) in [5, 5.41) is 0.0779. The van der Waals surface area contributed by atoms with Gasteiger partial charge in [0.15, 0.2) is 0 Å². The minimum Gasteiger partial charge on any atom is -0.269 e. The van der Waals surface area contributed by atoms with Crippen LogP contribution in [0.2, 0.25) is 5.15 Å². The Kier molecular flexibility index (Phi) is 4.21. The molecule has 2 aromatic carbocycles. The van der Waals surface area contributed by atoms with E-state index in [1.54, 1.807) is 12.1 Å². The molecule has 3 nitrogen and oxygen atoms in total. The Bertz CT molecular complexity index is 1010. The molecule has 1 saturated carbocycles. The summed E-state index contributed by atoms with van der Waals surface area (Å²) in [7, 11) is 0. The molecular formula is C19H13BrClFN2O. The van der Waals surface area contributed by atoms with Crippen molar-refractivity contribution >= 4 is 27.5 Å². The van der Waals surface area contributed by atoms with Crippen molar-refractivity contribution in [1.82, 2.24) is 9.55 Å². The number of aromatic nitrogens is 2. The van der Waals surface area contributed by atoms with Gasteiger partial charge in [0.1, 0.15) is 16.8 Å². The van der Waals surface area contributed by atoms with Gasteiger partial charge in [0.05, 0.1) is 10.2 Å². The first kappa shape index (κ1) is 16.5. The molecule has 1 fully saturated rings. The van der Waals surface area contributed by atoms with Gasteiger partial charge in [-0.3, -0.25) is 9.36 Å². The molecule has 0 aliphatic heterocycles. The minimum absolute atomic E-state index is 0.0779. The lowest BCUT2D eigenvalue weighted by Gasteiger charge is -2.13. The van der Waals surface area contributed by atoms with E-state index in [0.717, 1.165) is 0 Å². The second-order valence-electron chi connectivity index (χ2n) is 6.07. The van der Waals surface area contributed by atoms with Crippen molar-refractivity contribution < 1.29 is 4.39 Å².